The van der Waals surface area contributed by atoms with Gasteiger partial charge in [0, 0.05) is 25.5 Å². The molecule has 0 radical (unpaired) electrons. The molecule has 1 aliphatic heterocycles. The molecule has 1 aromatic heterocycles. The van der Waals surface area contributed by atoms with Gasteiger partial charge in [0.25, 0.3) is 0 Å². The van der Waals surface area contributed by atoms with Gasteiger partial charge in [-0.1, -0.05) is 0 Å². The van der Waals surface area contributed by atoms with Crippen LogP contribution in [0.1, 0.15) is 23.3 Å². The third-order valence-corrected chi connectivity index (χ3v) is 2.77. The lowest BCUT2D eigenvalue weighted by Crippen LogP contribution is -2.39. The van der Waals surface area contributed by atoms with E-state index in [2.05, 4.69) is 9.97 Å². The fraction of sp³-hybridized carbons (Fsp3) is 0.545. The number of piperidine rings is 1. The van der Waals surface area contributed by atoms with Gasteiger partial charge in [0.2, 0.25) is 0 Å². The second-order valence-electron chi connectivity index (χ2n) is 4.02. The molecule has 0 aliphatic carbocycles. The van der Waals surface area contributed by atoms with Crippen molar-refractivity contribution in [2.45, 2.75) is 18.9 Å². The van der Waals surface area contributed by atoms with Crippen molar-refractivity contribution in [2.24, 2.45) is 0 Å². The Morgan fingerprint density at radius 1 is 1.44 bits per heavy atom. The molecule has 1 aromatic rings. The number of aliphatic hydroxyl groups is 1. The molecule has 16 heavy (non-hydrogen) atoms. The molecular weight excluding hydrogens is 206 g/mol. The molecule has 2 rings (SSSR count). The molecule has 1 saturated heterocycles. The van der Waals surface area contributed by atoms with Crippen LogP contribution in [-0.4, -0.2) is 51.5 Å². The van der Waals surface area contributed by atoms with E-state index in [4.69, 9.17) is 0 Å². The van der Waals surface area contributed by atoms with E-state index in [0.29, 0.717) is 12.2 Å². The topological polar surface area (TPSA) is 66.3 Å². The van der Waals surface area contributed by atoms with Gasteiger partial charge in [0.1, 0.15) is 5.69 Å². The molecule has 2 heterocycles. The predicted molar refractivity (Wildman–Crippen MR) is 58.0 cm³/mol. The fourth-order valence-electron chi connectivity index (χ4n) is 1.80. The molecule has 1 N–H and O–H groups in total. The van der Waals surface area contributed by atoms with Crippen molar-refractivity contribution < 1.29 is 9.90 Å². The Kier molecular flexibility index (Phi) is 3.58. The summed E-state index contributed by atoms with van der Waals surface area (Å²) in [4.78, 5) is 21.7. The third-order valence-electron chi connectivity index (χ3n) is 2.77. The quantitative estimate of drug-likeness (QED) is 0.734. The van der Waals surface area contributed by atoms with Crippen LogP contribution in [0, 0.1) is 0 Å². The Labute approximate surface area is 94.1 Å². The minimum atomic E-state index is -0.206. The smallest absolute Gasteiger partial charge is 0.196 e. The van der Waals surface area contributed by atoms with E-state index in [9.17, 15) is 9.90 Å². The van der Waals surface area contributed by atoms with Crippen LogP contribution in [0.25, 0.3) is 0 Å². The summed E-state index contributed by atoms with van der Waals surface area (Å²) in [5, 5.41) is 9.34. The van der Waals surface area contributed by atoms with Crippen LogP contribution in [0.2, 0.25) is 0 Å². The second-order valence-corrected chi connectivity index (χ2v) is 4.02. The van der Waals surface area contributed by atoms with Crippen molar-refractivity contribution >= 4 is 5.78 Å². The molecule has 1 aliphatic rings. The molecule has 0 bridgehead atoms. The summed E-state index contributed by atoms with van der Waals surface area (Å²) in [6.07, 6.45) is 5.84. The number of hydrogen-bond acceptors (Lipinski definition) is 5. The van der Waals surface area contributed by atoms with E-state index in [0.717, 1.165) is 25.9 Å². The first kappa shape index (κ1) is 11.2. The molecule has 0 amide bonds. The predicted octanol–water partition coefficient (Wildman–Crippen LogP) is 0.116. The van der Waals surface area contributed by atoms with Crippen LogP contribution in [0.3, 0.4) is 0 Å². The summed E-state index contributed by atoms with van der Waals surface area (Å²) in [5.74, 6) is -0.00973. The number of carbonyl (C=O) groups excluding carboxylic acids is 1. The van der Waals surface area contributed by atoms with Crippen LogP contribution in [0.5, 0.6) is 0 Å². The van der Waals surface area contributed by atoms with Crippen LogP contribution in [0.15, 0.2) is 18.6 Å². The second kappa shape index (κ2) is 5.14. The number of ketones is 1. The van der Waals surface area contributed by atoms with E-state index in [-0.39, 0.29) is 11.9 Å². The third kappa shape index (κ3) is 2.84. The standard InChI is InChI=1S/C11H15N3O2/c15-9-1-5-14(6-2-9)8-11(16)10-7-12-3-4-13-10/h3-4,7,9,15H,1-2,5-6,8H2. The highest BCUT2D eigenvalue weighted by atomic mass is 16.3. The summed E-state index contributed by atoms with van der Waals surface area (Å²) in [5.41, 5.74) is 0.411. The van der Waals surface area contributed by atoms with E-state index < -0.39 is 0 Å². The Balaban J connectivity index is 1.88. The zero-order chi connectivity index (χ0) is 11.4. The first-order valence-corrected chi connectivity index (χ1v) is 5.45. The van der Waals surface area contributed by atoms with Gasteiger partial charge in [-0.15, -0.1) is 0 Å². The lowest BCUT2D eigenvalue weighted by Gasteiger charge is -2.28. The summed E-state index contributed by atoms with van der Waals surface area (Å²) >= 11 is 0. The fourth-order valence-corrected chi connectivity index (χ4v) is 1.80. The molecule has 86 valence electrons. The maximum absolute atomic E-state index is 11.8. The first-order valence-electron chi connectivity index (χ1n) is 5.45. The van der Waals surface area contributed by atoms with E-state index in [1.54, 1.807) is 6.20 Å². The van der Waals surface area contributed by atoms with Gasteiger partial charge < -0.3 is 5.11 Å². The van der Waals surface area contributed by atoms with Crippen LogP contribution in [-0.2, 0) is 0 Å². The normalized spacial score (nSPS) is 18.6. The van der Waals surface area contributed by atoms with E-state index >= 15 is 0 Å². The van der Waals surface area contributed by atoms with Crippen molar-refractivity contribution in [3.63, 3.8) is 0 Å². The Hall–Kier alpha value is -1.33. The number of Topliss-reactive ketones (excluding diaryl/α,β-unsaturated/α-hetero) is 1. The zero-order valence-corrected chi connectivity index (χ0v) is 9.04. The van der Waals surface area contributed by atoms with Crippen molar-refractivity contribution in [3.05, 3.63) is 24.3 Å². The van der Waals surface area contributed by atoms with E-state index in [1.165, 1.54) is 12.4 Å². The van der Waals surface area contributed by atoms with Gasteiger partial charge in [-0.25, -0.2) is 4.98 Å². The monoisotopic (exact) mass is 221 g/mol. The largest absolute Gasteiger partial charge is 0.393 e. The Morgan fingerprint density at radius 3 is 2.81 bits per heavy atom. The van der Waals surface area contributed by atoms with Gasteiger partial charge in [0.15, 0.2) is 5.78 Å². The van der Waals surface area contributed by atoms with Crippen LogP contribution in [0.4, 0.5) is 0 Å². The van der Waals surface area contributed by atoms with Gasteiger partial charge in [0.05, 0.1) is 18.8 Å². The van der Waals surface area contributed by atoms with Crippen molar-refractivity contribution in [3.8, 4) is 0 Å². The number of aromatic nitrogens is 2. The maximum Gasteiger partial charge on any atom is 0.196 e. The molecule has 0 unspecified atom stereocenters. The maximum atomic E-state index is 11.8. The van der Waals surface area contributed by atoms with Gasteiger partial charge in [-0.3, -0.25) is 14.7 Å². The van der Waals surface area contributed by atoms with Gasteiger partial charge in [-0.2, -0.15) is 0 Å². The average Bonchev–Trinajstić information content (AvgIpc) is 2.33. The minimum Gasteiger partial charge on any atom is -0.393 e. The molecule has 0 spiro atoms. The Bertz CT molecular complexity index is 348. The van der Waals surface area contributed by atoms with Crippen molar-refractivity contribution in [2.75, 3.05) is 19.6 Å². The van der Waals surface area contributed by atoms with Gasteiger partial charge >= 0.3 is 0 Å². The number of likely N-dealkylation sites (tertiary alicyclic amines) is 1. The first-order chi connectivity index (χ1) is 7.75. The average molecular weight is 221 g/mol. The lowest BCUT2D eigenvalue weighted by atomic mass is 10.1. The highest BCUT2D eigenvalue weighted by molar-refractivity contribution is 5.95. The molecule has 5 nitrogen and oxygen atoms in total. The number of rotatable bonds is 3. The van der Waals surface area contributed by atoms with Crippen molar-refractivity contribution in [1.29, 1.82) is 0 Å². The van der Waals surface area contributed by atoms with Crippen LogP contribution >= 0.6 is 0 Å². The summed E-state index contributed by atoms with van der Waals surface area (Å²) in [7, 11) is 0. The summed E-state index contributed by atoms with van der Waals surface area (Å²) in [6, 6.07) is 0. The molecule has 1 fully saturated rings. The van der Waals surface area contributed by atoms with Crippen molar-refractivity contribution in [1.82, 2.24) is 14.9 Å². The SMILES string of the molecule is O=C(CN1CCC(O)CC1)c1cnccn1. The molecular formula is C11H15N3O2. The van der Waals surface area contributed by atoms with E-state index in [1.807, 2.05) is 4.90 Å². The summed E-state index contributed by atoms with van der Waals surface area (Å²) < 4.78 is 0. The zero-order valence-electron chi connectivity index (χ0n) is 9.04. The molecule has 5 heteroatoms. The van der Waals surface area contributed by atoms with Gasteiger partial charge in [-0.05, 0) is 12.8 Å². The number of aliphatic hydroxyl groups excluding tert-OH is 1. The highest BCUT2D eigenvalue weighted by Crippen LogP contribution is 2.10. The van der Waals surface area contributed by atoms with Crippen LogP contribution < -0.4 is 0 Å². The highest BCUT2D eigenvalue weighted by Gasteiger charge is 2.19. The summed E-state index contributed by atoms with van der Waals surface area (Å²) in [6.45, 7) is 1.91. The number of hydrogen-bond donors (Lipinski definition) is 1. The molecule has 0 saturated carbocycles. The minimum absolute atomic E-state index is 0.00973. The lowest BCUT2D eigenvalue weighted by molar-refractivity contribution is 0.0708. The Morgan fingerprint density at radius 2 is 2.19 bits per heavy atom. The number of nitrogens with zero attached hydrogens (tertiary/aromatic N) is 3. The number of carbonyl (C=O) groups is 1. The molecule has 0 atom stereocenters. The molecule has 0 aromatic carbocycles.